The highest BCUT2D eigenvalue weighted by atomic mass is 16.2. The molecule has 0 bridgehead atoms. The second-order valence-electron chi connectivity index (χ2n) is 5.62. The molecular formula is C19H19NO2. The third-order valence-corrected chi connectivity index (χ3v) is 4.15. The summed E-state index contributed by atoms with van der Waals surface area (Å²) in [5.74, 6) is 0.0422. The summed E-state index contributed by atoms with van der Waals surface area (Å²) in [6.45, 7) is 1.07. The van der Waals surface area contributed by atoms with Gasteiger partial charge in [-0.25, -0.2) is 0 Å². The van der Waals surface area contributed by atoms with Crippen LogP contribution in [0.4, 0.5) is 0 Å². The Labute approximate surface area is 130 Å². The van der Waals surface area contributed by atoms with Gasteiger partial charge in [-0.3, -0.25) is 9.59 Å². The molecule has 3 nitrogen and oxygen atoms in total. The fraction of sp³-hybridized carbons (Fsp3) is 0.263. The van der Waals surface area contributed by atoms with Crippen molar-refractivity contribution < 1.29 is 9.59 Å². The number of likely N-dealkylation sites (tertiary alicyclic amines) is 1. The topological polar surface area (TPSA) is 37.4 Å². The van der Waals surface area contributed by atoms with Gasteiger partial charge >= 0.3 is 0 Å². The van der Waals surface area contributed by atoms with Crippen molar-refractivity contribution in [2.24, 2.45) is 0 Å². The normalized spacial score (nSPS) is 15.1. The largest absolute Gasteiger partial charge is 0.341 e. The molecule has 0 unspecified atom stereocenters. The highest BCUT2D eigenvalue weighted by molar-refractivity contribution is 5.89. The van der Waals surface area contributed by atoms with Crippen molar-refractivity contribution in [3.8, 4) is 0 Å². The Morgan fingerprint density at radius 2 is 1.27 bits per heavy atom. The van der Waals surface area contributed by atoms with E-state index in [1.54, 1.807) is 0 Å². The van der Waals surface area contributed by atoms with Gasteiger partial charge in [-0.1, -0.05) is 60.7 Å². The van der Waals surface area contributed by atoms with Crippen LogP contribution in [0.25, 0.3) is 0 Å². The molecule has 0 N–H and O–H groups in total. The summed E-state index contributed by atoms with van der Waals surface area (Å²) in [7, 11) is 0. The van der Waals surface area contributed by atoms with Crippen LogP contribution in [0.2, 0.25) is 0 Å². The molecule has 1 aliphatic heterocycles. The van der Waals surface area contributed by atoms with Crippen LogP contribution in [-0.4, -0.2) is 29.7 Å². The fourth-order valence-electron chi connectivity index (χ4n) is 2.93. The first-order valence-corrected chi connectivity index (χ1v) is 7.66. The molecule has 0 radical (unpaired) electrons. The van der Waals surface area contributed by atoms with Gasteiger partial charge in [0.15, 0.2) is 0 Å². The molecule has 2 aromatic rings. The minimum atomic E-state index is -0.296. The Morgan fingerprint density at radius 1 is 0.818 bits per heavy atom. The Hall–Kier alpha value is -2.42. The number of piperidine rings is 1. The molecule has 3 rings (SSSR count). The number of amides is 1. The molecule has 1 amide bonds. The van der Waals surface area contributed by atoms with Crippen molar-refractivity contribution >= 4 is 11.7 Å². The van der Waals surface area contributed by atoms with Crippen molar-refractivity contribution in [2.45, 2.75) is 18.8 Å². The van der Waals surface area contributed by atoms with Crippen molar-refractivity contribution in [2.75, 3.05) is 13.1 Å². The fourth-order valence-corrected chi connectivity index (χ4v) is 2.93. The van der Waals surface area contributed by atoms with Crippen LogP contribution in [0.3, 0.4) is 0 Å². The van der Waals surface area contributed by atoms with Crippen LogP contribution in [0.15, 0.2) is 60.7 Å². The lowest BCUT2D eigenvalue weighted by molar-refractivity contribution is -0.135. The lowest BCUT2D eigenvalue weighted by Crippen LogP contribution is -2.41. The number of ketones is 1. The quantitative estimate of drug-likeness (QED) is 0.872. The van der Waals surface area contributed by atoms with E-state index < -0.39 is 0 Å². The number of carbonyl (C=O) groups excluding carboxylic acids is 2. The van der Waals surface area contributed by atoms with Gasteiger partial charge in [0, 0.05) is 25.9 Å². The van der Waals surface area contributed by atoms with Gasteiger partial charge in [0.25, 0.3) is 0 Å². The number of nitrogens with zero attached hydrogens (tertiary/aromatic N) is 1. The van der Waals surface area contributed by atoms with Crippen molar-refractivity contribution in [3.63, 3.8) is 0 Å². The average molecular weight is 293 g/mol. The number of benzene rings is 2. The maximum absolute atomic E-state index is 13.0. The molecule has 0 atom stereocenters. The third-order valence-electron chi connectivity index (χ3n) is 4.15. The van der Waals surface area contributed by atoms with Crippen molar-refractivity contribution in [3.05, 3.63) is 71.8 Å². The van der Waals surface area contributed by atoms with E-state index in [-0.39, 0.29) is 17.6 Å². The van der Waals surface area contributed by atoms with Gasteiger partial charge < -0.3 is 4.90 Å². The highest BCUT2D eigenvalue weighted by Gasteiger charge is 2.29. The zero-order valence-electron chi connectivity index (χ0n) is 12.4. The van der Waals surface area contributed by atoms with E-state index in [0.29, 0.717) is 25.9 Å². The minimum Gasteiger partial charge on any atom is -0.341 e. The summed E-state index contributed by atoms with van der Waals surface area (Å²) in [5, 5.41) is 0. The molecule has 0 aromatic heterocycles. The third kappa shape index (κ3) is 3.08. The van der Waals surface area contributed by atoms with Crippen LogP contribution in [0, 0.1) is 0 Å². The number of carbonyl (C=O) groups is 2. The number of hydrogen-bond acceptors (Lipinski definition) is 2. The molecule has 22 heavy (non-hydrogen) atoms. The Kier molecular flexibility index (Phi) is 4.33. The summed E-state index contributed by atoms with van der Waals surface area (Å²) < 4.78 is 0. The van der Waals surface area contributed by atoms with Crippen LogP contribution in [0.1, 0.15) is 29.9 Å². The first-order chi connectivity index (χ1) is 10.8. The number of Topliss-reactive ketones (excluding diaryl/α,β-unsaturated/α-hetero) is 1. The van der Waals surface area contributed by atoms with Crippen LogP contribution in [-0.2, 0) is 9.59 Å². The second kappa shape index (κ2) is 6.56. The maximum atomic E-state index is 13.0. The lowest BCUT2D eigenvalue weighted by atomic mass is 9.89. The zero-order chi connectivity index (χ0) is 15.4. The zero-order valence-corrected chi connectivity index (χ0v) is 12.4. The molecule has 1 heterocycles. The van der Waals surface area contributed by atoms with Crippen LogP contribution < -0.4 is 0 Å². The van der Waals surface area contributed by atoms with Crippen molar-refractivity contribution in [1.82, 2.24) is 4.90 Å². The number of rotatable bonds is 3. The smallest absolute Gasteiger partial charge is 0.234 e. The molecule has 0 aliphatic carbocycles. The summed E-state index contributed by atoms with van der Waals surface area (Å²) in [5.41, 5.74) is 1.99. The van der Waals surface area contributed by atoms with Crippen LogP contribution >= 0.6 is 0 Å². The van der Waals surface area contributed by atoms with E-state index >= 15 is 0 Å². The first kappa shape index (κ1) is 14.5. The number of hydrogen-bond donors (Lipinski definition) is 0. The molecule has 0 spiro atoms. The van der Waals surface area contributed by atoms with Crippen LogP contribution in [0.5, 0.6) is 0 Å². The maximum Gasteiger partial charge on any atom is 0.234 e. The van der Waals surface area contributed by atoms with E-state index in [4.69, 9.17) is 0 Å². The van der Waals surface area contributed by atoms with Gasteiger partial charge in [-0.15, -0.1) is 0 Å². The van der Waals surface area contributed by atoms with Gasteiger partial charge in [-0.2, -0.15) is 0 Å². The monoisotopic (exact) mass is 293 g/mol. The molecule has 3 heteroatoms. The summed E-state index contributed by atoms with van der Waals surface area (Å²) >= 11 is 0. The minimum absolute atomic E-state index is 0.0879. The summed E-state index contributed by atoms with van der Waals surface area (Å²) in [6.07, 6.45) is 0.948. The molecular weight excluding hydrogens is 274 g/mol. The predicted molar refractivity (Wildman–Crippen MR) is 85.5 cm³/mol. The first-order valence-electron chi connectivity index (χ1n) is 7.66. The average Bonchev–Trinajstić information content (AvgIpc) is 2.57. The van der Waals surface area contributed by atoms with Crippen molar-refractivity contribution in [1.29, 1.82) is 0 Å². The highest BCUT2D eigenvalue weighted by Crippen LogP contribution is 2.27. The molecule has 1 saturated heterocycles. The van der Waals surface area contributed by atoms with E-state index in [1.807, 2.05) is 65.6 Å². The Balaban J connectivity index is 1.92. The van der Waals surface area contributed by atoms with E-state index in [0.717, 1.165) is 11.1 Å². The van der Waals surface area contributed by atoms with Gasteiger partial charge in [0.2, 0.25) is 5.91 Å². The molecule has 1 aliphatic rings. The lowest BCUT2D eigenvalue weighted by Gasteiger charge is -2.30. The molecule has 1 fully saturated rings. The molecule has 2 aromatic carbocycles. The second-order valence-corrected chi connectivity index (χ2v) is 5.62. The predicted octanol–water partition coefficient (Wildman–Crippen LogP) is 3.01. The van der Waals surface area contributed by atoms with Gasteiger partial charge in [-0.05, 0) is 11.1 Å². The molecule has 112 valence electrons. The Bertz CT molecular complexity index is 602. The summed E-state index contributed by atoms with van der Waals surface area (Å²) in [6, 6.07) is 19.7. The SMILES string of the molecule is O=C1CCN(C(=O)C(c2ccccc2)c2ccccc2)CC1. The van der Waals surface area contributed by atoms with E-state index in [9.17, 15) is 9.59 Å². The van der Waals surface area contributed by atoms with E-state index in [2.05, 4.69) is 0 Å². The van der Waals surface area contributed by atoms with Gasteiger partial charge in [0.05, 0.1) is 5.92 Å². The van der Waals surface area contributed by atoms with Gasteiger partial charge in [0.1, 0.15) is 5.78 Å². The van der Waals surface area contributed by atoms with E-state index in [1.165, 1.54) is 0 Å². The summed E-state index contributed by atoms with van der Waals surface area (Å²) in [4.78, 5) is 26.2. The molecule has 0 saturated carbocycles. The Morgan fingerprint density at radius 3 is 1.73 bits per heavy atom. The standard InChI is InChI=1S/C19H19NO2/c21-17-11-13-20(14-12-17)19(22)18(15-7-3-1-4-8-15)16-9-5-2-6-10-16/h1-10,18H,11-14H2.